The van der Waals surface area contributed by atoms with Crippen molar-refractivity contribution in [2.24, 2.45) is 11.8 Å². The number of carbonyl (C=O) groups is 1. The van der Waals surface area contributed by atoms with Crippen LogP contribution in [0.5, 0.6) is 0 Å². The molecule has 2 atom stereocenters. The van der Waals surface area contributed by atoms with Gasteiger partial charge in [-0.1, -0.05) is 11.6 Å². The summed E-state index contributed by atoms with van der Waals surface area (Å²) < 4.78 is 13.8. The van der Waals surface area contributed by atoms with Crippen molar-refractivity contribution in [3.8, 4) is 0 Å². The maximum absolute atomic E-state index is 13.8. The third-order valence-electron chi connectivity index (χ3n) is 4.34. The molecule has 0 aliphatic carbocycles. The predicted molar refractivity (Wildman–Crippen MR) is 78.8 cm³/mol. The minimum atomic E-state index is -0.415. The van der Waals surface area contributed by atoms with Gasteiger partial charge in [-0.3, -0.25) is 4.79 Å². The Hall–Kier alpha value is -1.13. The van der Waals surface area contributed by atoms with Gasteiger partial charge in [-0.05, 0) is 50.4 Å². The number of hydrogen-bond donors (Lipinski definition) is 1. The Kier molecular flexibility index (Phi) is 4.66. The molecule has 20 heavy (non-hydrogen) atoms. The first kappa shape index (κ1) is 15.3. The third kappa shape index (κ3) is 2.81. The van der Waals surface area contributed by atoms with Gasteiger partial charge in [0.1, 0.15) is 5.82 Å². The summed E-state index contributed by atoms with van der Waals surface area (Å²) in [6, 6.07) is 4.72. The molecule has 1 aromatic carbocycles. The molecule has 0 saturated carbocycles. The quantitative estimate of drug-likeness (QED) is 0.862. The van der Waals surface area contributed by atoms with E-state index in [1.54, 1.807) is 12.1 Å². The van der Waals surface area contributed by atoms with Crippen LogP contribution in [0.15, 0.2) is 18.2 Å². The van der Waals surface area contributed by atoms with Gasteiger partial charge in [0, 0.05) is 13.1 Å². The highest BCUT2D eigenvalue weighted by Crippen LogP contribution is 2.27. The summed E-state index contributed by atoms with van der Waals surface area (Å²) in [5, 5.41) is 3.37. The normalized spacial score (nSPS) is 25.0. The van der Waals surface area contributed by atoms with Crippen molar-refractivity contribution in [3.63, 3.8) is 0 Å². The van der Waals surface area contributed by atoms with Crippen LogP contribution in [-0.2, 0) is 0 Å². The zero-order valence-corrected chi connectivity index (χ0v) is 12.4. The van der Waals surface area contributed by atoms with E-state index in [0.717, 1.165) is 38.2 Å². The Balaban J connectivity index is 0.00000147. The minimum absolute atomic E-state index is 0. The van der Waals surface area contributed by atoms with Crippen molar-refractivity contribution in [2.45, 2.75) is 13.3 Å². The van der Waals surface area contributed by atoms with Gasteiger partial charge in [0.15, 0.2) is 0 Å². The van der Waals surface area contributed by atoms with Crippen molar-refractivity contribution >= 4 is 18.3 Å². The Bertz CT molecular complexity index is 509. The van der Waals surface area contributed by atoms with Gasteiger partial charge in [0.2, 0.25) is 0 Å². The fourth-order valence-corrected chi connectivity index (χ4v) is 3.19. The number of fused-ring (bicyclic) bond motifs is 1. The summed E-state index contributed by atoms with van der Waals surface area (Å²) in [4.78, 5) is 14.2. The van der Waals surface area contributed by atoms with Crippen LogP contribution in [0.25, 0.3) is 0 Å². The molecule has 2 saturated heterocycles. The Morgan fingerprint density at radius 3 is 2.90 bits per heavy atom. The monoisotopic (exact) mass is 298 g/mol. The molecule has 2 fully saturated rings. The van der Waals surface area contributed by atoms with Crippen LogP contribution < -0.4 is 5.32 Å². The zero-order chi connectivity index (χ0) is 13.4. The number of carbonyl (C=O) groups excluding carboxylic acids is 1. The fraction of sp³-hybridized carbons (Fsp3) is 0.533. The molecular weight excluding hydrogens is 279 g/mol. The molecule has 2 unspecified atom stereocenters. The lowest BCUT2D eigenvalue weighted by atomic mass is 9.88. The van der Waals surface area contributed by atoms with Crippen molar-refractivity contribution in [1.29, 1.82) is 0 Å². The fourth-order valence-electron chi connectivity index (χ4n) is 3.19. The van der Waals surface area contributed by atoms with Crippen molar-refractivity contribution in [1.82, 2.24) is 10.2 Å². The van der Waals surface area contributed by atoms with E-state index in [-0.39, 0.29) is 23.9 Å². The van der Waals surface area contributed by atoms with Crippen LogP contribution >= 0.6 is 12.4 Å². The van der Waals surface area contributed by atoms with Crippen LogP contribution in [0.2, 0.25) is 0 Å². The average molecular weight is 299 g/mol. The van der Waals surface area contributed by atoms with Crippen LogP contribution in [-0.4, -0.2) is 37.0 Å². The largest absolute Gasteiger partial charge is 0.338 e. The van der Waals surface area contributed by atoms with Crippen molar-refractivity contribution < 1.29 is 9.18 Å². The molecule has 1 N–H and O–H groups in total. The van der Waals surface area contributed by atoms with E-state index in [1.165, 1.54) is 6.07 Å². The molecule has 5 heteroatoms. The summed E-state index contributed by atoms with van der Waals surface area (Å²) >= 11 is 0. The lowest BCUT2D eigenvalue weighted by Gasteiger charge is -2.34. The number of halogens is 2. The minimum Gasteiger partial charge on any atom is -0.338 e. The van der Waals surface area contributed by atoms with Crippen LogP contribution in [0.1, 0.15) is 22.3 Å². The van der Waals surface area contributed by atoms with E-state index in [1.807, 2.05) is 11.8 Å². The predicted octanol–water partition coefficient (Wildman–Crippen LogP) is 2.24. The lowest BCUT2D eigenvalue weighted by molar-refractivity contribution is 0.0637. The highest BCUT2D eigenvalue weighted by Gasteiger charge is 2.35. The van der Waals surface area contributed by atoms with Crippen molar-refractivity contribution in [3.05, 3.63) is 35.1 Å². The molecule has 3 nitrogen and oxygen atoms in total. The van der Waals surface area contributed by atoms with E-state index in [9.17, 15) is 9.18 Å². The number of amides is 1. The van der Waals surface area contributed by atoms with E-state index >= 15 is 0 Å². The molecule has 110 valence electrons. The van der Waals surface area contributed by atoms with Gasteiger partial charge in [-0.15, -0.1) is 12.4 Å². The number of aryl methyl sites for hydroxylation is 1. The zero-order valence-electron chi connectivity index (χ0n) is 11.6. The second-order valence-electron chi connectivity index (χ2n) is 5.70. The molecule has 3 rings (SSSR count). The van der Waals surface area contributed by atoms with Crippen LogP contribution in [0, 0.1) is 24.6 Å². The average Bonchev–Trinajstić information content (AvgIpc) is 2.88. The van der Waals surface area contributed by atoms with Gasteiger partial charge in [-0.25, -0.2) is 4.39 Å². The summed E-state index contributed by atoms with van der Waals surface area (Å²) in [5.41, 5.74) is 1.13. The van der Waals surface area contributed by atoms with E-state index in [4.69, 9.17) is 0 Å². The summed E-state index contributed by atoms with van der Waals surface area (Å²) in [5.74, 6) is 0.644. The van der Waals surface area contributed by atoms with Crippen molar-refractivity contribution in [2.75, 3.05) is 26.2 Å². The topological polar surface area (TPSA) is 32.3 Å². The van der Waals surface area contributed by atoms with Gasteiger partial charge in [0.25, 0.3) is 5.91 Å². The number of rotatable bonds is 1. The first-order valence-electron chi connectivity index (χ1n) is 6.91. The third-order valence-corrected chi connectivity index (χ3v) is 4.34. The van der Waals surface area contributed by atoms with Gasteiger partial charge in [0.05, 0.1) is 5.56 Å². The van der Waals surface area contributed by atoms with E-state index in [2.05, 4.69) is 5.32 Å². The Morgan fingerprint density at radius 1 is 1.35 bits per heavy atom. The second kappa shape index (κ2) is 6.10. The molecule has 1 amide bonds. The van der Waals surface area contributed by atoms with Gasteiger partial charge in [-0.2, -0.15) is 0 Å². The molecule has 2 aliphatic rings. The number of likely N-dealkylation sites (tertiary alicyclic amines) is 1. The molecule has 0 radical (unpaired) electrons. The first-order chi connectivity index (χ1) is 9.15. The highest BCUT2D eigenvalue weighted by molar-refractivity contribution is 5.94. The summed E-state index contributed by atoms with van der Waals surface area (Å²) in [6.45, 7) is 5.42. The Morgan fingerprint density at radius 2 is 2.10 bits per heavy atom. The maximum atomic E-state index is 13.8. The van der Waals surface area contributed by atoms with Gasteiger partial charge >= 0.3 is 0 Å². The van der Waals surface area contributed by atoms with Crippen LogP contribution in [0.3, 0.4) is 0 Å². The highest BCUT2D eigenvalue weighted by atomic mass is 35.5. The Labute approximate surface area is 124 Å². The molecule has 2 heterocycles. The number of nitrogens with one attached hydrogen (secondary N) is 1. The summed E-state index contributed by atoms with van der Waals surface area (Å²) in [6.07, 6.45) is 1.02. The van der Waals surface area contributed by atoms with E-state index in [0.29, 0.717) is 11.8 Å². The first-order valence-corrected chi connectivity index (χ1v) is 6.91. The second-order valence-corrected chi connectivity index (χ2v) is 5.70. The molecular formula is C15H20ClFN2O. The van der Waals surface area contributed by atoms with Gasteiger partial charge < -0.3 is 10.2 Å². The lowest BCUT2D eigenvalue weighted by Crippen LogP contribution is -2.43. The number of benzene rings is 1. The SMILES string of the molecule is Cc1ccc(F)c(C(=O)N2CCC3CNCC3C2)c1.Cl. The van der Waals surface area contributed by atoms with Crippen LogP contribution in [0.4, 0.5) is 4.39 Å². The molecule has 2 aliphatic heterocycles. The number of hydrogen-bond acceptors (Lipinski definition) is 2. The number of piperidine rings is 1. The molecule has 1 aromatic rings. The molecule has 0 aromatic heterocycles. The number of nitrogens with zero attached hydrogens (tertiary/aromatic N) is 1. The molecule has 0 bridgehead atoms. The maximum Gasteiger partial charge on any atom is 0.256 e. The van der Waals surface area contributed by atoms with E-state index < -0.39 is 5.82 Å². The standard InChI is InChI=1S/C15H19FN2O.ClH/c1-10-2-3-14(16)13(6-10)15(19)18-5-4-11-7-17-8-12(11)9-18;/h2-3,6,11-12,17H,4-5,7-9H2,1H3;1H. The smallest absolute Gasteiger partial charge is 0.256 e. The summed E-state index contributed by atoms with van der Waals surface area (Å²) in [7, 11) is 0. The molecule has 0 spiro atoms.